The highest BCUT2D eigenvalue weighted by Gasteiger charge is 2.16. The minimum atomic E-state index is -4.07. The molecule has 2 aromatic rings. The van der Waals surface area contributed by atoms with Gasteiger partial charge in [0.1, 0.15) is 11.0 Å². The molecule has 0 aliphatic heterocycles. The Morgan fingerprint density at radius 3 is 2.50 bits per heavy atom. The van der Waals surface area contributed by atoms with E-state index in [1.54, 1.807) is 36.4 Å². The van der Waals surface area contributed by atoms with Crippen LogP contribution in [0, 0.1) is 18.3 Å². The van der Waals surface area contributed by atoms with Gasteiger partial charge in [0.2, 0.25) is 0 Å². The molecule has 0 radical (unpaired) electrons. The Balaban J connectivity index is 2.29. The van der Waals surface area contributed by atoms with E-state index >= 15 is 0 Å². The van der Waals surface area contributed by atoms with Gasteiger partial charge >= 0.3 is 10.1 Å². The van der Waals surface area contributed by atoms with Crippen molar-refractivity contribution in [2.75, 3.05) is 0 Å². The molecule has 0 aromatic heterocycles. The van der Waals surface area contributed by atoms with E-state index in [4.69, 9.17) is 16.9 Å². The van der Waals surface area contributed by atoms with Crippen molar-refractivity contribution in [3.05, 3.63) is 64.7 Å². The minimum absolute atomic E-state index is 0.0368. The van der Waals surface area contributed by atoms with Crippen LogP contribution in [0.3, 0.4) is 0 Å². The molecule has 0 saturated carbocycles. The molecule has 5 nitrogen and oxygen atoms in total. The molecule has 0 fully saturated rings. The highest BCUT2D eigenvalue weighted by molar-refractivity contribution is 7.86. The Morgan fingerprint density at radius 1 is 1.23 bits per heavy atom. The maximum Gasteiger partial charge on any atom is 0.358 e. The van der Waals surface area contributed by atoms with Crippen molar-refractivity contribution in [1.29, 1.82) is 5.26 Å². The molecule has 0 saturated heterocycles. The Hall–Kier alpha value is -2.36. The molecule has 112 valence electrons. The highest BCUT2D eigenvalue weighted by Crippen LogP contribution is 2.15. The third kappa shape index (κ3) is 3.85. The van der Waals surface area contributed by atoms with Gasteiger partial charge in [-0.2, -0.15) is 13.7 Å². The van der Waals surface area contributed by atoms with Crippen LogP contribution < -0.4 is 0 Å². The normalized spacial score (nSPS) is 11.8. The second kappa shape index (κ2) is 6.60. The molecular formula is C15H11ClN2O3S. The quantitative estimate of drug-likeness (QED) is 0.634. The molecule has 0 aliphatic rings. The summed E-state index contributed by atoms with van der Waals surface area (Å²) in [6.45, 7) is 1.84. The summed E-state index contributed by atoms with van der Waals surface area (Å²) in [5.41, 5.74) is 1.10. The molecular weight excluding hydrogens is 324 g/mol. The van der Waals surface area contributed by atoms with Crippen molar-refractivity contribution < 1.29 is 12.7 Å². The van der Waals surface area contributed by atoms with E-state index in [0.29, 0.717) is 10.6 Å². The summed E-state index contributed by atoms with van der Waals surface area (Å²) in [5, 5.41) is 12.9. The molecule has 0 unspecified atom stereocenters. The molecule has 0 N–H and O–H groups in total. The van der Waals surface area contributed by atoms with E-state index in [1.165, 1.54) is 18.2 Å². The van der Waals surface area contributed by atoms with Crippen LogP contribution in [0.1, 0.15) is 11.1 Å². The van der Waals surface area contributed by atoms with E-state index < -0.39 is 10.1 Å². The molecule has 0 atom stereocenters. The average molecular weight is 335 g/mol. The summed E-state index contributed by atoms with van der Waals surface area (Å²) in [4.78, 5) is -0.0368. The zero-order valence-corrected chi connectivity index (χ0v) is 13.1. The topological polar surface area (TPSA) is 79.5 Å². The minimum Gasteiger partial charge on any atom is -0.263 e. The number of nitriles is 1. The summed E-state index contributed by atoms with van der Waals surface area (Å²) in [5.74, 6) is 0. The Morgan fingerprint density at radius 2 is 1.91 bits per heavy atom. The van der Waals surface area contributed by atoms with Crippen LogP contribution in [-0.2, 0) is 14.4 Å². The number of hydrogen-bond acceptors (Lipinski definition) is 5. The van der Waals surface area contributed by atoms with Gasteiger partial charge in [0, 0.05) is 10.6 Å². The van der Waals surface area contributed by atoms with Gasteiger partial charge in [-0.05, 0) is 31.2 Å². The number of oxime groups is 1. The first kappa shape index (κ1) is 16.0. The van der Waals surface area contributed by atoms with Crippen LogP contribution in [-0.4, -0.2) is 14.1 Å². The van der Waals surface area contributed by atoms with Crippen molar-refractivity contribution in [2.24, 2.45) is 5.16 Å². The highest BCUT2D eigenvalue weighted by atomic mass is 35.5. The molecule has 7 heteroatoms. The summed E-state index contributed by atoms with van der Waals surface area (Å²) in [7, 11) is -4.07. The van der Waals surface area contributed by atoms with Crippen molar-refractivity contribution in [3.8, 4) is 6.07 Å². The molecule has 0 amide bonds. The maximum absolute atomic E-state index is 12.0. The zero-order valence-electron chi connectivity index (χ0n) is 11.5. The first-order chi connectivity index (χ1) is 10.4. The zero-order chi connectivity index (χ0) is 16.2. The largest absolute Gasteiger partial charge is 0.358 e. The monoisotopic (exact) mass is 334 g/mol. The van der Waals surface area contributed by atoms with Crippen LogP contribution in [0.25, 0.3) is 0 Å². The van der Waals surface area contributed by atoms with E-state index in [9.17, 15) is 8.42 Å². The van der Waals surface area contributed by atoms with Crippen LogP contribution >= 0.6 is 11.6 Å². The fraction of sp³-hybridized carbons (Fsp3) is 0.0667. The lowest BCUT2D eigenvalue weighted by Crippen LogP contribution is -2.06. The Labute approximate surface area is 133 Å². The fourth-order valence-corrected chi connectivity index (χ4v) is 2.53. The molecule has 0 spiro atoms. The first-order valence-electron chi connectivity index (χ1n) is 6.17. The molecule has 2 rings (SSSR count). The maximum atomic E-state index is 12.0. The first-order valence-corrected chi connectivity index (χ1v) is 7.95. The number of benzene rings is 2. The lowest BCUT2D eigenvalue weighted by molar-refractivity contribution is 0.339. The summed E-state index contributed by atoms with van der Waals surface area (Å²) < 4.78 is 28.6. The van der Waals surface area contributed by atoms with E-state index in [2.05, 4.69) is 9.44 Å². The second-order valence-corrected chi connectivity index (χ2v) is 6.37. The number of hydrogen-bond donors (Lipinski definition) is 0. The summed E-state index contributed by atoms with van der Waals surface area (Å²) >= 11 is 5.82. The number of aryl methyl sites for hydroxylation is 1. The van der Waals surface area contributed by atoms with Gasteiger partial charge in [0.05, 0.1) is 0 Å². The average Bonchev–Trinajstić information content (AvgIpc) is 2.48. The van der Waals surface area contributed by atoms with Gasteiger partial charge in [-0.3, -0.25) is 4.28 Å². The third-order valence-electron chi connectivity index (χ3n) is 2.74. The third-order valence-corrected chi connectivity index (χ3v) is 4.10. The van der Waals surface area contributed by atoms with E-state index in [-0.39, 0.29) is 10.6 Å². The van der Waals surface area contributed by atoms with Gasteiger partial charge in [0.25, 0.3) is 0 Å². The van der Waals surface area contributed by atoms with Gasteiger partial charge in [-0.15, -0.1) is 0 Å². The van der Waals surface area contributed by atoms with Crippen molar-refractivity contribution in [1.82, 2.24) is 0 Å². The Kier molecular flexibility index (Phi) is 4.81. The predicted molar refractivity (Wildman–Crippen MR) is 83.1 cm³/mol. The molecule has 2 aromatic carbocycles. The molecule has 22 heavy (non-hydrogen) atoms. The van der Waals surface area contributed by atoms with E-state index in [0.717, 1.165) is 5.56 Å². The van der Waals surface area contributed by atoms with E-state index in [1.807, 2.05) is 6.92 Å². The van der Waals surface area contributed by atoms with Crippen LogP contribution in [0.5, 0.6) is 0 Å². The molecule has 0 heterocycles. The van der Waals surface area contributed by atoms with Crippen molar-refractivity contribution in [2.45, 2.75) is 11.8 Å². The van der Waals surface area contributed by atoms with Crippen LogP contribution in [0.15, 0.2) is 58.6 Å². The van der Waals surface area contributed by atoms with Gasteiger partial charge in [-0.25, -0.2) is 0 Å². The summed E-state index contributed by atoms with van der Waals surface area (Å²) in [6, 6.07) is 14.2. The van der Waals surface area contributed by atoms with Gasteiger partial charge in [0.15, 0.2) is 5.71 Å². The second-order valence-electron chi connectivity index (χ2n) is 4.40. The van der Waals surface area contributed by atoms with Crippen LogP contribution in [0.2, 0.25) is 5.02 Å². The van der Waals surface area contributed by atoms with Crippen LogP contribution in [0.4, 0.5) is 0 Å². The number of nitrogens with zero attached hydrogens (tertiary/aromatic N) is 2. The predicted octanol–water partition coefficient (Wildman–Crippen LogP) is 3.28. The summed E-state index contributed by atoms with van der Waals surface area (Å²) in [6.07, 6.45) is 0. The molecule has 0 bridgehead atoms. The van der Waals surface area contributed by atoms with Gasteiger partial charge < -0.3 is 0 Å². The van der Waals surface area contributed by atoms with Crippen molar-refractivity contribution >= 4 is 27.4 Å². The lowest BCUT2D eigenvalue weighted by atomic mass is 10.1. The number of halogens is 1. The molecule has 0 aliphatic carbocycles. The standard InChI is InChI=1S/C15H11ClN2O3S/c1-11-5-7-14(8-6-11)22(19,20)21-18-15(10-17)12-3-2-4-13(16)9-12/h2-9H,1H3/b18-15+. The smallest absolute Gasteiger partial charge is 0.263 e. The number of rotatable bonds is 4. The fourth-order valence-electron chi connectivity index (χ4n) is 1.61. The Bertz CT molecular complexity index is 853. The van der Waals surface area contributed by atoms with Crippen molar-refractivity contribution in [3.63, 3.8) is 0 Å². The lowest BCUT2D eigenvalue weighted by Gasteiger charge is -2.03. The van der Waals surface area contributed by atoms with Gasteiger partial charge in [-0.1, -0.05) is 46.6 Å². The SMILES string of the molecule is Cc1ccc(S(=O)(=O)O/N=C(\C#N)c2cccc(Cl)c2)cc1.